The molecule has 15 nitrogen and oxygen atoms in total. The first-order chi connectivity index (χ1) is 29.6. The highest BCUT2D eigenvalue weighted by Gasteiger charge is 2.14. The summed E-state index contributed by atoms with van der Waals surface area (Å²) in [5, 5.41) is 0. The Morgan fingerprint density at radius 3 is 1.28 bits per heavy atom. The number of rotatable bonds is 27. The van der Waals surface area contributed by atoms with Gasteiger partial charge in [0.15, 0.2) is 0 Å². The minimum absolute atomic E-state index is 0.0800. The fourth-order valence-corrected chi connectivity index (χ4v) is 4.96. The zero-order valence-corrected chi connectivity index (χ0v) is 34.2. The molecule has 0 unspecified atom stereocenters. The topological polar surface area (TPSA) is 178 Å². The van der Waals surface area contributed by atoms with E-state index in [1.807, 2.05) is 0 Å². The highest BCUT2D eigenvalue weighted by molar-refractivity contribution is 5.93. The lowest BCUT2D eigenvalue weighted by Crippen LogP contribution is -2.17. The third-order valence-corrected chi connectivity index (χ3v) is 8.19. The number of benzene rings is 4. The molecule has 0 N–H and O–H groups in total. The lowest BCUT2D eigenvalue weighted by molar-refractivity contribution is -0.149. The van der Waals surface area contributed by atoms with Gasteiger partial charge in [-0.1, -0.05) is 44.7 Å². The maximum atomic E-state index is 12.8. The van der Waals surface area contributed by atoms with Gasteiger partial charge in [-0.15, -0.1) is 0 Å². The Bertz CT molecular complexity index is 1970. The summed E-state index contributed by atoms with van der Waals surface area (Å²) in [5.41, 5.74) is 2.64. The van der Waals surface area contributed by atoms with Crippen LogP contribution in [0.4, 0.5) is 0 Å². The van der Waals surface area contributed by atoms with Gasteiger partial charge >= 0.3 is 29.8 Å². The van der Waals surface area contributed by atoms with Gasteiger partial charge in [0.1, 0.15) is 43.7 Å². The molecule has 0 amide bonds. The summed E-state index contributed by atoms with van der Waals surface area (Å²) in [6, 6.07) is 26.3. The average Bonchev–Trinajstić information content (AvgIpc) is 3.28. The molecule has 0 aliphatic rings. The van der Waals surface area contributed by atoms with Crippen LogP contribution < -0.4 is 14.2 Å². The lowest BCUT2D eigenvalue weighted by Gasteiger charge is -2.09. The second kappa shape index (κ2) is 26.7. The molecule has 4 rings (SSSR count). The molecule has 0 spiro atoms. The van der Waals surface area contributed by atoms with Gasteiger partial charge in [-0.25, -0.2) is 19.2 Å². The normalized spacial score (nSPS) is 10.7. The van der Waals surface area contributed by atoms with Gasteiger partial charge in [0, 0.05) is 6.08 Å². The number of carbonyl (C=O) groups excluding carboxylic acids is 5. The van der Waals surface area contributed by atoms with Crippen molar-refractivity contribution in [1.82, 2.24) is 0 Å². The van der Waals surface area contributed by atoms with E-state index in [9.17, 15) is 24.0 Å². The van der Waals surface area contributed by atoms with Crippen molar-refractivity contribution in [3.63, 3.8) is 0 Å². The second-order valence-electron chi connectivity index (χ2n) is 13.1. The standard InChI is InChI=1S/C46H50O15/c1-4-42(47)57-30-26-53-22-21-52-25-29-56-39-15-11-37(12-16-39)45(50)61-41-19-13-38(14-20-41)46(51)60-40-17-9-35(10-18-40)34-5-7-36(8-6-34)44(49)59-32-28-55-24-23-54-27-31-58-43(48)33(2)3/h4-20,33H,1,21-32H2,2-3H3. The van der Waals surface area contributed by atoms with Gasteiger partial charge < -0.3 is 47.4 Å². The summed E-state index contributed by atoms with van der Waals surface area (Å²) in [4.78, 5) is 60.3. The predicted molar refractivity (Wildman–Crippen MR) is 221 cm³/mol. The van der Waals surface area contributed by atoms with Crippen LogP contribution in [-0.2, 0) is 42.7 Å². The molecule has 61 heavy (non-hydrogen) atoms. The maximum absolute atomic E-state index is 12.8. The Morgan fingerprint density at radius 2 is 0.803 bits per heavy atom. The molecule has 0 fully saturated rings. The molecule has 0 saturated carbocycles. The van der Waals surface area contributed by atoms with Crippen LogP contribution in [0.3, 0.4) is 0 Å². The van der Waals surface area contributed by atoms with Crippen molar-refractivity contribution in [3.05, 3.63) is 126 Å². The van der Waals surface area contributed by atoms with E-state index in [0.29, 0.717) is 55.7 Å². The largest absolute Gasteiger partial charge is 0.491 e. The molecule has 0 aromatic heterocycles. The van der Waals surface area contributed by atoms with Crippen molar-refractivity contribution < 1.29 is 71.3 Å². The Morgan fingerprint density at radius 1 is 0.443 bits per heavy atom. The Kier molecular flexibility index (Phi) is 20.7. The summed E-state index contributed by atoms with van der Waals surface area (Å²) in [7, 11) is 0. The number of hydrogen-bond donors (Lipinski definition) is 0. The molecule has 0 heterocycles. The molecular formula is C46H50O15. The van der Waals surface area contributed by atoms with Crippen LogP contribution in [0.2, 0.25) is 0 Å². The summed E-state index contributed by atoms with van der Waals surface area (Å²) in [5.74, 6) is -1.48. The highest BCUT2D eigenvalue weighted by atomic mass is 16.6. The van der Waals surface area contributed by atoms with Crippen LogP contribution in [0.15, 0.2) is 110 Å². The van der Waals surface area contributed by atoms with E-state index < -0.39 is 23.9 Å². The second-order valence-corrected chi connectivity index (χ2v) is 13.1. The van der Waals surface area contributed by atoms with Gasteiger partial charge in [-0.05, 0) is 83.9 Å². The van der Waals surface area contributed by atoms with E-state index in [1.165, 1.54) is 24.3 Å². The molecule has 4 aromatic carbocycles. The Hall–Kier alpha value is -6.39. The molecular weight excluding hydrogens is 792 g/mol. The first kappa shape index (κ1) is 47.3. The van der Waals surface area contributed by atoms with Crippen molar-refractivity contribution in [2.45, 2.75) is 13.8 Å². The van der Waals surface area contributed by atoms with Crippen LogP contribution in [-0.4, -0.2) is 109 Å². The van der Waals surface area contributed by atoms with Gasteiger partial charge in [-0.2, -0.15) is 0 Å². The Labute approximate surface area is 354 Å². The van der Waals surface area contributed by atoms with E-state index in [0.717, 1.165) is 17.2 Å². The average molecular weight is 843 g/mol. The third-order valence-electron chi connectivity index (χ3n) is 8.19. The number of carbonyl (C=O) groups is 5. The zero-order chi connectivity index (χ0) is 43.7. The number of hydrogen-bond acceptors (Lipinski definition) is 15. The van der Waals surface area contributed by atoms with E-state index in [1.54, 1.807) is 86.6 Å². The van der Waals surface area contributed by atoms with Crippen LogP contribution in [0.5, 0.6) is 17.2 Å². The van der Waals surface area contributed by atoms with Gasteiger partial charge in [0.25, 0.3) is 0 Å². The van der Waals surface area contributed by atoms with Gasteiger partial charge in [0.05, 0.1) is 75.5 Å². The van der Waals surface area contributed by atoms with Crippen LogP contribution in [0, 0.1) is 5.92 Å². The number of ether oxygens (including phenoxy) is 10. The van der Waals surface area contributed by atoms with Crippen molar-refractivity contribution >= 4 is 29.8 Å². The molecule has 0 bridgehead atoms. The molecule has 0 aliphatic carbocycles. The first-order valence-corrected chi connectivity index (χ1v) is 19.5. The minimum atomic E-state index is -0.591. The molecule has 4 aromatic rings. The van der Waals surface area contributed by atoms with Crippen molar-refractivity contribution in [1.29, 1.82) is 0 Å². The monoisotopic (exact) mass is 842 g/mol. The summed E-state index contributed by atoms with van der Waals surface area (Å²) in [6.45, 7) is 9.94. The predicted octanol–water partition coefficient (Wildman–Crippen LogP) is 6.32. The lowest BCUT2D eigenvalue weighted by atomic mass is 10.0. The van der Waals surface area contributed by atoms with E-state index >= 15 is 0 Å². The van der Waals surface area contributed by atoms with E-state index in [-0.39, 0.29) is 69.4 Å². The molecule has 0 radical (unpaired) electrons. The first-order valence-electron chi connectivity index (χ1n) is 19.5. The highest BCUT2D eigenvalue weighted by Crippen LogP contribution is 2.24. The fraction of sp³-hybridized carbons (Fsp3) is 0.326. The molecule has 0 saturated heterocycles. The zero-order valence-electron chi connectivity index (χ0n) is 34.2. The smallest absolute Gasteiger partial charge is 0.343 e. The van der Waals surface area contributed by atoms with Crippen LogP contribution in [0.25, 0.3) is 11.1 Å². The van der Waals surface area contributed by atoms with Crippen LogP contribution in [0.1, 0.15) is 44.9 Å². The van der Waals surface area contributed by atoms with Crippen molar-refractivity contribution in [2.75, 3.05) is 79.3 Å². The van der Waals surface area contributed by atoms with Crippen molar-refractivity contribution in [2.24, 2.45) is 5.92 Å². The van der Waals surface area contributed by atoms with Crippen molar-refractivity contribution in [3.8, 4) is 28.4 Å². The molecule has 0 aliphatic heterocycles. The molecule has 324 valence electrons. The maximum Gasteiger partial charge on any atom is 0.343 e. The van der Waals surface area contributed by atoms with E-state index in [2.05, 4.69) is 6.58 Å². The van der Waals surface area contributed by atoms with Gasteiger partial charge in [0.2, 0.25) is 0 Å². The Balaban J connectivity index is 1.10. The SMILES string of the molecule is C=CC(=O)OCCOCCOCCOc1ccc(C(=O)Oc2ccc(C(=O)Oc3ccc(-c4ccc(C(=O)OCCOCCOCCOC(=O)C(C)C)cc4)cc3)cc2)cc1. The quantitative estimate of drug-likeness (QED) is 0.0214. The minimum Gasteiger partial charge on any atom is -0.491 e. The number of esters is 5. The fourth-order valence-electron chi connectivity index (χ4n) is 4.96. The summed E-state index contributed by atoms with van der Waals surface area (Å²) in [6.07, 6.45) is 1.09. The van der Waals surface area contributed by atoms with Crippen LogP contribution >= 0.6 is 0 Å². The summed E-state index contributed by atoms with van der Waals surface area (Å²) < 4.78 is 53.2. The molecule has 0 atom stereocenters. The van der Waals surface area contributed by atoms with Gasteiger partial charge in [-0.3, -0.25) is 4.79 Å². The van der Waals surface area contributed by atoms with E-state index in [4.69, 9.17) is 47.4 Å². The third kappa shape index (κ3) is 17.8. The summed E-state index contributed by atoms with van der Waals surface area (Å²) >= 11 is 0. The molecule has 15 heteroatoms.